The molecule has 0 radical (unpaired) electrons. The smallest absolute Gasteiger partial charge is 0.263 e. The van der Waals surface area contributed by atoms with E-state index in [2.05, 4.69) is 10.2 Å². The normalized spacial score (nSPS) is 12.7. The number of likely N-dealkylation sites (N-methyl/N-ethyl adjacent to an activating group) is 2. The predicted molar refractivity (Wildman–Crippen MR) is 206 cm³/mol. The molecule has 2 heterocycles. The molecule has 4 rings (SSSR count). The summed E-state index contributed by atoms with van der Waals surface area (Å²) in [5, 5.41) is 33.8. The van der Waals surface area contributed by atoms with Crippen molar-refractivity contribution in [3.63, 3.8) is 0 Å². The molecule has 0 amide bonds. The van der Waals surface area contributed by atoms with Crippen LogP contribution in [0, 0.1) is 0 Å². The zero-order valence-electron chi connectivity index (χ0n) is 32.9. The Kier molecular flexibility index (Phi) is 15.0. The van der Waals surface area contributed by atoms with Crippen LogP contribution in [0.2, 0.25) is 0 Å². The second-order valence-corrected chi connectivity index (χ2v) is 17.8. The van der Waals surface area contributed by atoms with Gasteiger partial charge in [0.05, 0.1) is 38.7 Å². The maximum atomic E-state index is 13.9. The molecular weight excluding hydrogens is 737 g/mol. The summed E-state index contributed by atoms with van der Waals surface area (Å²) in [5.74, 6) is 1.38. The van der Waals surface area contributed by atoms with Gasteiger partial charge in [-0.05, 0) is 91.3 Å². The molecule has 4 N–H and O–H groups in total. The van der Waals surface area contributed by atoms with Crippen molar-refractivity contribution in [1.82, 2.24) is 33.7 Å². The van der Waals surface area contributed by atoms with Gasteiger partial charge < -0.3 is 29.5 Å². The maximum absolute atomic E-state index is 13.9. The molecule has 0 atom stereocenters. The molecule has 4 aromatic rings. The number of sulfonamides is 2. The lowest BCUT2D eigenvalue weighted by atomic mass is 10.1. The zero-order valence-corrected chi connectivity index (χ0v) is 34.5. The number of methoxy groups -OCH3 is 2. The number of benzene rings is 2. The summed E-state index contributed by atoms with van der Waals surface area (Å²) in [4.78, 5) is 3.91. The first-order valence-electron chi connectivity index (χ1n) is 17.2. The Labute approximate surface area is 319 Å². The van der Waals surface area contributed by atoms with E-state index in [1.165, 1.54) is 21.1 Å². The highest BCUT2D eigenvalue weighted by molar-refractivity contribution is 7.89. The van der Waals surface area contributed by atoms with E-state index in [1.807, 2.05) is 62.3 Å². The van der Waals surface area contributed by atoms with E-state index >= 15 is 0 Å². The lowest BCUT2D eigenvalue weighted by Gasteiger charge is -2.21. The van der Waals surface area contributed by atoms with Crippen molar-refractivity contribution in [2.75, 3.05) is 55.5 Å². The number of nitrogens with two attached hydrogens (primary N) is 1. The van der Waals surface area contributed by atoms with Crippen molar-refractivity contribution < 1.29 is 36.5 Å². The number of aromatic nitrogens is 4. The molecule has 0 unspecified atom stereocenters. The minimum absolute atomic E-state index is 0.0968. The van der Waals surface area contributed by atoms with E-state index in [0.29, 0.717) is 49.1 Å². The third-order valence-electron chi connectivity index (χ3n) is 8.22. The van der Waals surface area contributed by atoms with Crippen molar-refractivity contribution in [3.8, 4) is 11.5 Å². The van der Waals surface area contributed by atoms with Crippen molar-refractivity contribution in [2.45, 2.75) is 75.1 Å². The van der Waals surface area contributed by atoms with E-state index in [4.69, 9.17) is 14.6 Å². The second-order valence-electron chi connectivity index (χ2n) is 14.4. The molecule has 0 saturated heterocycles. The maximum Gasteiger partial charge on any atom is 0.263 e. The summed E-state index contributed by atoms with van der Waals surface area (Å²) >= 11 is 0. The SMILES string of the molecule is CN(C)CCn1nc(S(N)(=O)=O)cc1C(C)(C)O.COc1ccc(CN(Cc2ccc(OC)cc2)S(=O)(=O)c2cc(C(C)(C)O)n(CCN(C)C)n2)cc1. The monoisotopic (exact) mass is 792 g/mol. The van der Waals surface area contributed by atoms with Gasteiger partial charge in [-0.2, -0.15) is 14.5 Å². The van der Waals surface area contributed by atoms with Crippen LogP contribution in [-0.4, -0.2) is 116 Å². The van der Waals surface area contributed by atoms with Crippen LogP contribution < -0.4 is 14.6 Å². The minimum Gasteiger partial charge on any atom is -0.497 e. The van der Waals surface area contributed by atoms with Crippen LogP contribution in [-0.2, 0) is 57.4 Å². The zero-order chi connectivity index (χ0) is 40.6. The van der Waals surface area contributed by atoms with Gasteiger partial charge in [0, 0.05) is 38.3 Å². The third kappa shape index (κ3) is 12.6. The fraction of sp³-hybridized carbons (Fsp3) is 0.500. The van der Waals surface area contributed by atoms with Crippen molar-refractivity contribution in [3.05, 3.63) is 83.2 Å². The molecule has 0 bridgehead atoms. The van der Waals surface area contributed by atoms with Gasteiger partial charge >= 0.3 is 0 Å². The largest absolute Gasteiger partial charge is 0.497 e. The molecule has 16 nitrogen and oxygen atoms in total. The molecule has 54 heavy (non-hydrogen) atoms. The average Bonchev–Trinajstić information content (AvgIpc) is 3.73. The van der Waals surface area contributed by atoms with Crippen LogP contribution in [0.5, 0.6) is 11.5 Å². The standard InChI is InChI=1S/C26H36N4O5S.C10H20N4O3S/c1-26(2,31)24-17-25(27-30(24)16-15-28(3)4)36(32,33)29(18-20-7-11-22(34-5)12-8-20)19-21-9-13-23(35-6)14-10-21;1-10(2,15)8-7-9(18(11,16)17)12-14(8)6-5-13(3)4/h7-14,17,31H,15-16,18-19H2,1-6H3;7,15H,5-6H2,1-4H3,(H2,11,16,17). The lowest BCUT2D eigenvalue weighted by molar-refractivity contribution is 0.0672. The van der Waals surface area contributed by atoms with Crippen molar-refractivity contribution in [2.24, 2.45) is 5.14 Å². The van der Waals surface area contributed by atoms with E-state index in [0.717, 1.165) is 11.1 Å². The van der Waals surface area contributed by atoms with E-state index < -0.39 is 31.2 Å². The summed E-state index contributed by atoms with van der Waals surface area (Å²) in [6.07, 6.45) is 0. The number of nitrogens with zero attached hydrogens (tertiary/aromatic N) is 7. The highest BCUT2D eigenvalue weighted by Gasteiger charge is 2.32. The molecule has 2 aromatic carbocycles. The first kappa shape index (κ1) is 44.5. The summed E-state index contributed by atoms with van der Waals surface area (Å²) in [6.45, 7) is 8.91. The van der Waals surface area contributed by atoms with Crippen LogP contribution >= 0.6 is 0 Å². The van der Waals surface area contributed by atoms with Gasteiger partial charge in [-0.1, -0.05) is 24.3 Å². The Morgan fingerprint density at radius 3 is 1.33 bits per heavy atom. The first-order chi connectivity index (χ1) is 24.9. The molecule has 0 aliphatic heterocycles. The van der Waals surface area contributed by atoms with Crippen LogP contribution in [0.25, 0.3) is 0 Å². The fourth-order valence-corrected chi connectivity index (χ4v) is 7.05. The van der Waals surface area contributed by atoms with Crippen LogP contribution in [0.4, 0.5) is 0 Å². The highest BCUT2D eigenvalue weighted by Crippen LogP contribution is 2.27. The number of hydrogen-bond acceptors (Lipinski definition) is 12. The Morgan fingerprint density at radius 2 is 1.02 bits per heavy atom. The minimum atomic E-state index is -4.02. The molecule has 2 aromatic heterocycles. The van der Waals surface area contributed by atoms with Gasteiger partial charge in [-0.15, -0.1) is 0 Å². The molecular formula is C36H56N8O8S2. The second kappa shape index (κ2) is 18.2. The summed E-state index contributed by atoms with van der Waals surface area (Å²) in [5.41, 5.74) is 0.0435. The molecule has 0 saturated carbocycles. The topological polar surface area (TPSA) is 199 Å². The van der Waals surface area contributed by atoms with Gasteiger partial charge in [0.1, 0.15) is 22.7 Å². The molecule has 18 heteroatoms. The number of rotatable bonds is 17. The molecule has 300 valence electrons. The Balaban J connectivity index is 0.000000366. The van der Waals surface area contributed by atoms with E-state index in [1.54, 1.807) is 70.9 Å². The first-order valence-corrected chi connectivity index (χ1v) is 20.1. The number of hydrogen-bond donors (Lipinski definition) is 3. The Morgan fingerprint density at radius 1 is 0.667 bits per heavy atom. The van der Waals surface area contributed by atoms with Gasteiger partial charge in [-0.3, -0.25) is 9.36 Å². The molecule has 0 aliphatic rings. The summed E-state index contributed by atoms with van der Waals surface area (Å²) in [6, 6.07) is 17.4. The summed E-state index contributed by atoms with van der Waals surface area (Å²) < 4.78 is 65.3. The van der Waals surface area contributed by atoms with Crippen LogP contribution in [0.15, 0.2) is 70.7 Å². The molecule has 0 fully saturated rings. The Hall–Kier alpha value is -3.88. The molecule has 0 aliphatic carbocycles. The average molecular weight is 793 g/mol. The lowest BCUT2D eigenvalue weighted by Crippen LogP contribution is -2.31. The quantitative estimate of drug-likeness (QED) is 0.141. The van der Waals surface area contributed by atoms with Crippen LogP contribution in [0.3, 0.4) is 0 Å². The van der Waals surface area contributed by atoms with Gasteiger partial charge in [0.2, 0.25) is 0 Å². The number of primary sulfonamides is 1. The van der Waals surface area contributed by atoms with Crippen molar-refractivity contribution >= 4 is 20.0 Å². The summed E-state index contributed by atoms with van der Waals surface area (Å²) in [7, 11) is 2.94. The number of aliphatic hydroxyl groups is 2. The third-order valence-corrected chi connectivity index (χ3v) is 10.7. The predicted octanol–water partition coefficient (Wildman–Crippen LogP) is 2.40. The highest BCUT2D eigenvalue weighted by atomic mass is 32.2. The van der Waals surface area contributed by atoms with Gasteiger partial charge in [0.25, 0.3) is 20.0 Å². The fourth-order valence-electron chi connectivity index (χ4n) is 5.19. The molecule has 0 spiro atoms. The number of ether oxygens (including phenoxy) is 2. The van der Waals surface area contributed by atoms with Crippen LogP contribution in [0.1, 0.15) is 50.2 Å². The van der Waals surface area contributed by atoms with Gasteiger partial charge in [0.15, 0.2) is 10.1 Å². The van der Waals surface area contributed by atoms with E-state index in [9.17, 15) is 27.0 Å². The van der Waals surface area contributed by atoms with Gasteiger partial charge in [-0.25, -0.2) is 22.0 Å². The van der Waals surface area contributed by atoms with E-state index in [-0.39, 0.29) is 23.1 Å². The Bertz CT molecular complexity index is 1960. The van der Waals surface area contributed by atoms with Crippen molar-refractivity contribution in [1.29, 1.82) is 0 Å².